The van der Waals surface area contributed by atoms with E-state index in [1.165, 1.54) is 6.33 Å². The van der Waals surface area contributed by atoms with Crippen LogP contribution in [0.5, 0.6) is 5.75 Å². The highest BCUT2D eigenvalue weighted by Crippen LogP contribution is 2.27. The Morgan fingerprint density at radius 3 is 2.81 bits per heavy atom. The highest BCUT2D eigenvalue weighted by atomic mass is 16.5. The summed E-state index contributed by atoms with van der Waals surface area (Å²) in [6.07, 6.45) is 10.8. The average Bonchev–Trinajstić information content (AvgIpc) is 2.57. The first-order valence-electron chi connectivity index (χ1n) is 6.98. The summed E-state index contributed by atoms with van der Waals surface area (Å²) in [7, 11) is 0. The van der Waals surface area contributed by atoms with E-state index < -0.39 is 0 Å². The lowest BCUT2D eigenvalue weighted by Crippen LogP contribution is -2.26. The van der Waals surface area contributed by atoms with Crippen molar-refractivity contribution in [3.8, 4) is 29.4 Å². The Kier molecular flexibility index (Phi) is 4.13. The molecule has 1 fully saturated rings. The van der Waals surface area contributed by atoms with Crippen molar-refractivity contribution < 1.29 is 9.47 Å². The number of benzene rings is 1. The Balaban J connectivity index is 1.84. The summed E-state index contributed by atoms with van der Waals surface area (Å²) in [6.45, 7) is 1.49. The van der Waals surface area contributed by atoms with E-state index in [4.69, 9.17) is 15.9 Å². The van der Waals surface area contributed by atoms with E-state index >= 15 is 0 Å². The Bertz CT molecular complexity index is 644. The van der Waals surface area contributed by atoms with Crippen molar-refractivity contribution in [3.63, 3.8) is 0 Å². The van der Waals surface area contributed by atoms with E-state index in [1.807, 2.05) is 24.3 Å². The van der Waals surface area contributed by atoms with Gasteiger partial charge in [0.15, 0.2) is 0 Å². The summed E-state index contributed by atoms with van der Waals surface area (Å²) in [5, 5.41) is 0. The van der Waals surface area contributed by atoms with Gasteiger partial charge in [-0.1, -0.05) is 5.92 Å². The molecule has 4 heteroatoms. The number of hydrogen-bond donors (Lipinski definition) is 0. The fraction of sp³-hybridized carbons (Fsp3) is 0.294. The van der Waals surface area contributed by atoms with Gasteiger partial charge in [0.2, 0.25) is 0 Å². The molecule has 0 bridgehead atoms. The molecule has 106 valence electrons. The van der Waals surface area contributed by atoms with Crippen molar-refractivity contribution >= 4 is 0 Å². The SMILES string of the molecule is C#Cc1cc(-c2ccncn2)ccc1OC1CCOCC1. The topological polar surface area (TPSA) is 44.2 Å². The third-order valence-electron chi connectivity index (χ3n) is 3.47. The molecule has 0 atom stereocenters. The quantitative estimate of drug-likeness (QED) is 0.811. The molecule has 0 amide bonds. The molecular formula is C17H16N2O2. The number of aromatic nitrogens is 2. The Labute approximate surface area is 124 Å². The van der Waals surface area contributed by atoms with E-state index in [9.17, 15) is 0 Å². The van der Waals surface area contributed by atoms with Crippen LogP contribution in [-0.4, -0.2) is 29.3 Å². The fourth-order valence-corrected chi connectivity index (χ4v) is 2.34. The van der Waals surface area contributed by atoms with Crippen LogP contribution in [0.4, 0.5) is 0 Å². The second-order valence-electron chi connectivity index (χ2n) is 4.88. The summed E-state index contributed by atoms with van der Waals surface area (Å²) >= 11 is 0. The van der Waals surface area contributed by atoms with Crippen LogP contribution < -0.4 is 4.74 Å². The minimum atomic E-state index is 0.177. The van der Waals surface area contributed by atoms with Crippen molar-refractivity contribution in [1.82, 2.24) is 9.97 Å². The van der Waals surface area contributed by atoms with Gasteiger partial charge in [0.1, 0.15) is 18.2 Å². The van der Waals surface area contributed by atoms with Gasteiger partial charge in [-0.05, 0) is 24.3 Å². The van der Waals surface area contributed by atoms with Crippen LogP contribution in [0.3, 0.4) is 0 Å². The van der Waals surface area contributed by atoms with Crippen LogP contribution in [0.1, 0.15) is 18.4 Å². The van der Waals surface area contributed by atoms with E-state index in [0.717, 1.165) is 48.6 Å². The Morgan fingerprint density at radius 2 is 2.10 bits per heavy atom. The third-order valence-corrected chi connectivity index (χ3v) is 3.47. The van der Waals surface area contributed by atoms with Crippen LogP contribution in [-0.2, 0) is 4.74 Å². The minimum absolute atomic E-state index is 0.177. The summed E-state index contributed by atoms with van der Waals surface area (Å²) in [6, 6.07) is 7.67. The normalized spacial score (nSPS) is 15.4. The smallest absolute Gasteiger partial charge is 0.135 e. The van der Waals surface area contributed by atoms with Gasteiger partial charge in [0, 0.05) is 24.6 Å². The number of nitrogens with zero attached hydrogens (tertiary/aromatic N) is 2. The number of hydrogen-bond acceptors (Lipinski definition) is 4. The van der Waals surface area contributed by atoms with Crippen LogP contribution in [0.25, 0.3) is 11.3 Å². The standard InChI is InChI=1S/C17H16N2O2/c1-2-13-11-14(16-5-8-18-12-19-16)3-4-17(13)21-15-6-9-20-10-7-15/h1,3-5,8,11-12,15H,6-7,9-10H2. The molecule has 1 aliphatic heterocycles. The summed E-state index contributed by atoms with van der Waals surface area (Å²) in [5.74, 6) is 3.45. The molecule has 0 aliphatic carbocycles. The van der Waals surface area contributed by atoms with Crippen molar-refractivity contribution in [1.29, 1.82) is 0 Å². The molecule has 3 rings (SSSR count). The summed E-state index contributed by atoms with van der Waals surface area (Å²) < 4.78 is 11.3. The fourth-order valence-electron chi connectivity index (χ4n) is 2.34. The molecule has 1 saturated heterocycles. The number of rotatable bonds is 3. The van der Waals surface area contributed by atoms with Crippen molar-refractivity contribution in [2.45, 2.75) is 18.9 Å². The molecule has 2 aromatic rings. The molecule has 2 heterocycles. The molecule has 0 spiro atoms. The van der Waals surface area contributed by atoms with Gasteiger partial charge in [-0.15, -0.1) is 6.42 Å². The Hall–Kier alpha value is -2.38. The predicted octanol–water partition coefficient (Wildman–Crippen LogP) is 2.68. The molecule has 0 radical (unpaired) electrons. The van der Waals surface area contributed by atoms with Crippen LogP contribution in [0.15, 0.2) is 36.8 Å². The van der Waals surface area contributed by atoms with Gasteiger partial charge in [0.05, 0.1) is 24.5 Å². The van der Waals surface area contributed by atoms with Gasteiger partial charge in [-0.2, -0.15) is 0 Å². The molecule has 1 aromatic carbocycles. The van der Waals surface area contributed by atoms with Crippen LogP contribution in [0, 0.1) is 12.3 Å². The van der Waals surface area contributed by atoms with Crippen molar-refractivity contribution in [3.05, 3.63) is 42.4 Å². The number of terminal acetylenes is 1. The highest BCUT2D eigenvalue weighted by Gasteiger charge is 2.17. The van der Waals surface area contributed by atoms with E-state index in [0.29, 0.717) is 0 Å². The number of ether oxygens (including phenoxy) is 2. The zero-order valence-electron chi connectivity index (χ0n) is 11.7. The van der Waals surface area contributed by atoms with Crippen molar-refractivity contribution in [2.75, 3.05) is 13.2 Å². The molecular weight excluding hydrogens is 264 g/mol. The Morgan fingerprint density at radius 1 is 1.24 bits per heavy atom. The maximum Gasteiger partial charge on any atom is 0.135 e. The second kappa shape index (κ2) is 6.38. The van der Waals surface area contributed by atoms with Crippen LogP contribution >= 0.6 is 0 Å². The lowest BCUT2D eigenvalue weighted by atomic mass is 10.1. The predicted molar refractivity (Wildman–Crippen MR) is 79.9 cm³/mol. The second-order valence-corrected chi connectivity index (χ2v) is 4.88. The van der Waals surface area contributed by atoms with Gasteiger partial charge in [-0.3, -0.25) is 0 Å². The largest absolute Gasteiger partial charge is 0.489 e. The van der Waals surface area contributed by atoms with E-state index in [-0.39, 0.29) is 6.10 Å². The van der Waals surface area contributed by atoms with E-state index in [2.05, 4.69) is 15.9 Å². The zero-order valence-corrected chi connectivity index (χ0v) is 11.7. The summed E-state index contributed by atoms with van der Waals surface area (Å²) in [5.41, 5.74) is 2.56. The van der Waals surface area contributed by atoms with Crippen molar-refractivity contribution in [2.24, 2.45) is 0 Å². The first-order chi connectivity index (χ1) is 10.4. The average molecular weight is 280 g/mol. The molecule has 1 aromatic heterocycles. The molecule has 0 unspecified atom stereocenters. The first-order valence-corrected chi connectivity index (χ1v) is 6.98. The lowest BCUT2D eigenvalue weighted by molar-refractivity contribution is 0.0254. The zero-order chi connectivity index (χ0) is 14.5. The van der Waals surface area contributed by atoms with Gasteiger partial charge in [-0.25, -0.2) is 9.97 Å². The van der Waals surface area contributed by atoms with Gasteiger partial charge in [0.25, 0.3) is 0 Å². The first kappa shape index (κ1) is 13.6. The molecule has 0 N–H and O–H groups in total. The monoisotopic (exact) mass is 280 g/mol. The maximum absolute atomic E-state index is 6.01. The van der Waals surface area contributed by atoms with Gasteiger partial charge < -0.3 is 9.47 Å². The lowest BCUT2D eigenvalue weighted by Gasteiger charge is -2.24. The van der Waals surface area contributed by atoms with Crippen LogP contribution in [0.2, 0.25) is 0 Å². The van der Waals surface area contributed by atoms with E-state index in [1.54, 1.807) is 6.20 Å². The van der Waals surface area contributed by atoms with Gasteiger partial charge >= 0.3 is 0 Å². The molecule has 0 saturated carbocycles. The molecule has 21 heavy (non-hydrogen) atoms. The third kappa shape index (κ3) is 3.21. The minimum Gasteiger partial charge on any atom is -0.489 e. The molecule has 4 nitrogen and oxygen atoms in total. The maximum atomic E-state index is 6.01. The highest BCUT2D eigenvalue weighted by molar-refractivity contribution is 5.64. The summed E-state index contributed by atoms with van der Waals surface area (Å²) in [4.78, 5) is 8.15. The molecule has 1 aliphatic rings.